The van der Waals surface area contributed by atoms with Gasteiger partial charge in [0, 0.05) is 19.6 Å². The fourth-order valence-corrected chi connectivity index (χ4v) is 5.57. The van der Waals surface area contributed by atoms with Crippen LogP contribution >= 0.6 is 0 Å². The van der Waals surface area contributed by atoms with Crippen LogP contribution in [0, 0.1) is 38.9 Å². The Morgan fingerprint density at radius 1 is 0.862 bits per heavy atom. The number of amidine groups is 1. The summed E-state index contributed by atoms with van der Waals surface area (Å²) in [5, 5.41) is 20.9. The van der Waals surface area contributed by atoms with Gasteiger partial charge in [-0.3, -0.25) is 5.73 Å². The van der Waals surface area contributed by atoms with E-state index in [-0.39, 0.29) is 5.84 Å². The van der Waals surface area contributed by atoms with Gasteiger partial charge in [-0.15, -0.1) is 0 Å². The van der Waals surface area contributed by atoms with Crippen LogP contribution in [0.2, 0.25) is 0 Å². The Bertz CT molecular complexity index is 993. The van der Waals surface area contributed by atoms with E-state index in [4.69, 9.17) is 15.2 Å². The largest absolute Gasteiger partial charge is 0.342 e. The lowest BCUT2D eigenvalue weighted by Gasteiger charge is -2.31. The fraction of sp³-hybridized carbons (Fsp3) is 0.348. The van der Waals surface area contributed by atoms with E-state index in [2.05, 4.69) is 17.1 Å². The van der Waals surface area contributed by atoms with Gasteiger partial charge in [-0.05, 0) is 24.0 Å². The average Bonchev–Trinajstić information content (AvgIpc) is 3.17. The standard InChI is InChI=1S/C23H22N4O2/c1-28-23(29-2)22(16-25)20(13-17-9-5-3-6-10-17,14-18-11-7-4-8-12-18)21(22,15-24)19(26)27-23/h3-12H,13-14H2,1-2H3,(H2,26,27)/p+1/t21-,22+/m1/s1. The number of nitrogens with one attached hydrogen (secondary N) is 1. The molecule has 6 nitrogen and oxygen atoms in total. The second kappa shape index (κ2) is 6.42. The van der Waals surface area contributed by atoms with Crippen molar-refractivity contribution in [3.8, 4) is 12.1 Å². The van der Waals surface area contributed by atoms with Gasteiger partial charge in [-0.2, -0.15) is 10.5 Å². The number of fused-ring (bicyclic) bond motifs is 1. The van der Waals surface area contributed by atoms with Gasteiger partial charge in [-0.25, -0.2) is 4.99 Å². The summed E-state index contributed by atoms with van der Waals surface area (Å²) >= 11 is 0. The highest BCUT2D eigenvalue weighted by molar-refractivity contribution is 5.95. The average molecular weight is 387 g/mol. The zero-order chi connectivity index (χ0) is 20.8. The van der Waals surface area contributed by atoms with E-state index in [0.29, 0.717) is 12.8 Å². The van der Waals surface area contributed by atoms with Gasteiger partial charge < -0.3 is 9.47 Å². The first kappa shape index (κ1) is 19.1. The highest BCUT2D eigenvalue weighted by atomic mass is 16.7. The molecule has 1 aliphatic carbocycles. The number of nitrogens with zero attached hydrogens (tertiary/aromatic N) is 2. The van der Waals surface area contributed by atoms with E-state index in [9.17, 15) is 10.5 Å². The van der Waals surface area contributed by atoms with E-state index in [1.807, 2.05) is 60.7 Å². The SMILES string of the molecule is COC1(OC)[NH+]=C(N)[C@]2(C#N)C(Cc3ccccc3)(Cc3ccccc3)[C@]12C#N. The minimum atomic E-state index is -1.51. The molecule has 2 atom stereocenters. The Balaban J connectivity index is 1.97. The Morgan fingerprint density at radius 3 is 1.72 bits per heavy atom. The zero-order valence-electron chi connectivity index (χ0n) is 16.5. The highest BCUT2D eigenvalue weighted by Crippen LogP contribution is 2.84. The summed E-state index contributed by atoms with van der Waals surface area (Å²) in [5.41, 5.74) is 5.05. The van der Waals surface area contributed by atoms with Crippen molar-refractivity contribution in [3.05, 3.63) is 71.8 Å². The highest BCUT2D eigenvalue weighted by Gasteiger charge is 3.03. The lowest BCUT2D eigenvalue weighted by atomic mass is 9.79. The Morgan fingerprint density at radius 2 is 1.34 bits per heavy atom. The molecule has 1 aliphatic heterocycles. The number of ether oxygens (including phenoxy) is 2. The van der Waals surface area contributed by atoms with Crippen molar-refractivity contribution in [1.82, 2.24) is 0 Å². The molecule has 1 saturated carbocycles. The van der Waals surface area contributed by atoms with E-state index < -0.39 is 22.2 Å². The number of nitriles is 2. The van der Waals surface area contributed by atoms with Crippen LogP contribution in [0.25, 0.3) is 0 Å². The number of benzene rings is 2. The summed E-state index contributed by atoms with van der Waals surface area (Å²) in [5.74, 6) is -1.29. The maximum atomic E-state index is 10.5. The minimum absolute atomic E-state index is 0.220. The molecule has 2 aromatic carbocycles. The van der Waals surface area contributed by atoms with Gasteiger partial charge in [0.15, 0.2) is 10.8 Å². The molecule has 6 heteroatoms. The van der Waals surface area contributed by atoms with Crippen LogP contribution in [-0.4, -0.2) is 26.0 Å². The molecule has 29 heavy (non-hydrogen) atoms. The van der Waals surface area contributed by atoms with Gasteiger partial charge in [0.25, 0.3) is 5.84 Å². The molecule has 1 heterocycles. The first-order valence-electron chi connectivity index (χ1n) is 9.45. The van der Waals surface area contributed by atoms with Crippen LogP contribution < -0.4 is 10.7 Å². The predicted molar refractivity (Wildman–Crippen MR) is 106 cm³/mol. The summed E-state index contributed by atoms with van der Waals surface area (Å²) in [4.78, 5) is 2.98. The summed E-state index contributed by atoms with van der Waals surface area (Å²) in [7, 11) is 2.93. The number of rotatable bonds is 6. The van der Waals surface area contributed by atoms with Crippen LogP contribution in [0.3, 0.4) is 0 Å². The third kappa shape index (κ3) is 2.03. The summed E-state index contributed by atoms with van der Waals surface area (Å²) in [6, 6.07) is 24.5. The Hall–Kier alpha value is -3.19. The van der Waals surface area contributed by atoms with E-state index in [0.717, 1.165) is 11.1 Å². The summed E-state index contributed by atoms with van der Waals surface area (Å²) < 4.78 is 11.4. The quantitative estimate of drug-likeness (QED) is 0.716. The number of nitrogens with two attached hydrogens (primary N) is 1. The first-order valence-corrected chi connectivity index (χ1v) is 9.45. The van der Waals surface area contributed by atoms with Crippen molar-refractivity contribution >= 4 is 5.84 Å². The lowest BCUT2D eigenvalue weighted by Crippen LogP contribution is -2.91. The maximum absolute atomic E-state index is 10.5. The molecule has 0 unspecified atom stereocenters. The molecule has 0 spiro atoms. The number of hydrogen-bond acceptors (Lipinski definition) is 5. The van der Waals surface area contributed by atoms with Crippen LogP contribution in [0.15, 0.2) is 60.7 Å². The monoisotopic (exact) mass is 387 g/mol. The van der Waals surface area contributed by atoms with Gasteiger partial charge in [-0.1, -0.05) is 60.7 Å². The summed E-state index contributed by atoms with van der Waals surface area (Å²) in [6.45, 7) is 0. The third-order valence-electron chi connectivity index (χ3n) is 6.74. The smallest absolute Gasteiger partial charge is 0.317 e. The molecule has 0 radical (unpaired) electrons. The molecule has 3 N–H and O–H groups in total. The Kier molecular flexibility index (Phi) is 4.24. The molecule has 2 aromatic rings. The second-order valence-electron chi connectivity index (χ2n) is 7.69. The number of methoxy groups -OCH3 is 2. The van der Waals surface area contributed by atoms with Crippen molar-refractivity contribution in [2.75, 3.05) is 14.2 Å². The molecule has 1 fully saturated rings. The van der Waals surface area contributed by atoms with E-state index in [1.54, 1.807) is 0 Å². The normalized spacial score (nSPS) is 27.9. The summed E-state index contributed by atoms with van der Waals surface area (Å²) in [6.07, 6.45) is 0.974. The molecule has 146 valence electrons. The lowest BCUT2D eigenvalue weighted by molar-refractivity contribution is -0.690. The molecular weight excluding hydrogens is 364 g/mol. The van der Waals surface area contributed by atoms with Crippen LogP contribution in [0.5, 0.6) is 0 Å². The second-order valence-corrected chi connectivity index (χ2v) is 7.69. The number of hydrogen-bond donors (Lipinski definition) is 2. The molecular formula is C23H23N4O2+. The van der Waals surface area contributed by atoms with Crippen molar-refractivity contribution in [1.29, 1.82) is 10.5 Å². The topological polar surface area (TPSA) is 106 Å². The molecule has 0 saturated heterocycles. The van der Waals surface area contributed by atoms with Crippen molar-refractivity contribution in [2.45, 2.75) is 18.8 Å². The molecule has 0 aromatic heterocycles. The van der Waals surface area contributed by atoms with Crippen LogP contribution in [-0.2, 0) is 22.3 Å². The zero-order valence-corrected chi connectivity index (χ0v) is 16.5. The van der Waals surface area contributed by atoms with Crippen LogP contribution in [0.1, 0.15) is 11.1 Å². The fourth-order valence-electron chi connectivity index (χ4n) is 5.57. The van der Waals surface area contributed by atoms with Gasteiger partial charge >= 0.3 is 5.91 Å². The van der Waals surface area contributed by atoms with Gasteiger partial charge in [0.05, 0.1) is 12.1 Å². The Labute approximate surface area is 170 Å². The van der Waals surface area contributed by atoms with Gasteiger partial charge in [0.2, 0.25) is 0 Å². The van der Waals surface area contributed by atoms with Crippen molar-refractivity contribution in [3.63, 3.8) is 0 Å². The first-order chi connectivity index (χ1) is 14.0. The maximum Gasteiger partial charge on any atom is 0.342 e. The molecule has 0 amide bonds. The molecule has 2 aliphatic rings. The van der Waals surface area contributed by atoms with E-state index in [1.165, 1.54) is 14.2 Å². The molecule has 4 rings (SSSR count). The molecule has 0 bridgehead atoms. The van der Waals surface area contributed by atoms with Crippen molar-refractivity contribution < 1.29 is 14.5 Å². The predicted octanol–water partition coefficient (Wildman–Crippen LogP) is 0.890. The minimum Gasteiger partial charge on any atom is -0.317 e. The van der Waals surface area contributed by atoms with Crippen LogP contribution in [0.4, 0.5) is 0 Å². The van der Waals surface area contributed by atoms with Crippen molar-refractivity contribution in [2.24, 2.45) is 22.0 Å². The van der Waals surface area contributed by atoms with E-state index >= 15 is 0 Å². The third-order valence-corrected chi connectivity index (χ3v) is 6.74. The van der Waals surface area contributed by atoms with Gasteiger partial charge in [0.1, 0.15) is 0 Å².